The third-order valence-electron chi connectivity index (χ3n) is 5.73. The van der Waals surface area contributed by atoms with Crippen molar-refractivity contribution in [2.45, 2.75) is 32.1 Å². The molecule has 2 aliphatic rings. The number of nitrogens with one attached hydrogen (secondary N) is 1. The van der Waals surface area contributed by atoms with E-state index >= 15 is 0 Å². The van der Waals surface area contributed by atoms with Crippen molar-refractivity contribution < 1.29 is 4.79 Å². The van der Waals surface area contributed by atoms with Crippen LogP contribution in [-0.2, 0) is 18.3 Å². The highest BCUT2D eigenvalue weighted by Gasteiger charge is 2.24. The van der Waals surface area contributed by atoms with E-state index in [1.807, 2.05) is 30.1 Å². The first-order chi connectivity index (χ1) is 13.7. The molecular formula is C21H30N6O. The summed E-state index contributed by atoms with van der Waals surface area (Å²) in [5, 5.41) is 7.23. The van der Waals surface area contributed by atoms with Gasteiger partial charge in [-0.25, -0.2) is 4.98 Å². The van der Waals surface area contributed by atoms with Crippen molar-refractivity contribution in [2.24, 2.45) is 13.0 Å². The average Bonchev–Trinajstić information content (AvgIpc) is 3.32. The zero-order valence-electron chi connectivity index (χ0n) is 16.7. The van der Waals surface area contributed by atoms with Gasteiger partial charge in [0.1, 0.15) is 5.82 Å². The van der Waals surface area contributed by atoms with E-state index in [2.05, 4.69) is 31.4 Å². The van der Waals surface area contributed by atoms with Crippen LogP contribution in [0.1, 0.15) is 31.2 Å². The van der Waals surface area contributed by atoms with Gasteiger partial charge in [0.05, 0.1) is 24.6 Å². The van der Waals surface area contributed by atoms with Gasteiger partial charge in [-0.2, -0.15) is 5.10 Å². The Kier molecular flexibility index (Phi) is 5.90. The molecule has 4 rings (SSSR count). The van der Waals surface area contributed by atoms with Crippen molar-refractivity contribution in [3.05, 3.63) is 36.3 Å². The van der Waals surface area contributed by atoms with Gasteiger partial charge in [-0.1, -0.05) is 0 Å². The summed E-state index contributed by atoms with van der Waals surface area (Å²) in [7, 11) is 1.95. The Bertz CT molecular complexity index is 780. The van der Waals surface area contributed by atoms with Crippen molar-refractivity contribution in [1.29, 1.82) is 0 Å². The van der Waals surface area contributed by atoms with Crippen LogP contribution in [0.4, 0.5) is 11.5 Å². The van der Waals surface area contributed by atoms with E-state index in [1.54, 1.807) is 6.20 Å². The van der Waals surface area contributed by atoms with E-state index in [1.165, 1.54) is 24.8 Å². The first-order valence-corrected chi connectivity index (χ1v) is 10.4. The number of piperidine rings is 1. The van der Waals surface area contributed by atoms with E-state index in [4.69, 9.17) is 0 Å². The highest BCUT2D eigenvalue weighted by Crippen LogP contribution is 2.21. The number of amides is 1. The maximum Gasteiger partial charge on any atom is 0.238 e. The Labute approximate surface area is 166 Å². The van der Waals surface area contributed by atoms with E-state index in [0.29, 0.717) is 12.5 Å². The maximum atomic E-state index is 12.4. The number of carbonyl (C=O) groups is 1. The lowest BCUT2D eigenvalue weighted by molar-refractivity contribution is -0.117. The average molecular weight is 383 g/mol. The largest absolute Gasteiger partial charge is 0.357 e. The highest BCUT2D eigenvalue weighted by atomic mass is 16.2. The molecule has 2 aliphatic heterocycles. The lowest BCUT2D eigenvalue weighted by Gasteiger charge is -2.27. The molecule has 2 fully saturated rings. The van der Waals surface area contributed by atoms with Crippen LogP contribution in [0.15, 0.2) is 30.7 Å². The molecule has 0 bridgehead atoms. The number of pyridine rings is 1. The molecule has 2 aromatic heterocycles. The zero-order valence-corrected chi connectivity index (χ0v) is 16.7. The Morgan fingerprint density at radius 3 is 2.75 bits per heavy atom. The van der Waals surface area contributed by atoms with Crippen molar-refractivity contribution >= 4 is 17.4 Å². The van der Waals surface area contributed by atoms with Crippen LogP contribution in [0.2, 0.25) is 0 Å². The van der Waals surface area contributed by atoms with Crippen LogP contribution in [0, 0.1) is 5.92 Å². The van der Waals surface area contributed by atoms with Gasteiger partial charge < -0.3 is 10.2 Å². The lowest BCUT2D eigenvalue weighted by atomic mass is 10.0. The Morgan fingerprint density at radius 2 is 2.04 bits per heavy atom. The summed E-state index contributed by atoms with van der Waals surface area (Å²) in [5.41, 5.74) is 2.05. The monoisotopic (exact) mass is 382 g/mol. The molecule has 7 heteroatoms. The maximum absolute atomic E-state index is 12.4. The first kappa shape index (κ1) is 18.9. The molecule has 7 nitrogen and oxygen atoms in total. The minimum absolute atomic E-state index is 0.0366. The second-order valence-corrected chi connectivity index (χ2v) is 8.12. The smallest absolute Gasteiger partial charge is 0.238 e. The Hall–Kier alpha value is -2.41. The normalized spacial score (nSPS) is 20.5. The Morgan fingerprint density at radius 1 is 1.18 bits per heavy atom. The summed E-state index contributed by atoms with van der Waals surface area (Å²) in [6.45, 7) is 4.54. The molecule has 2 saturated heterocycles. The predicted molar refractivity (Wildman–Crippen MR) is 110 cm³/mol. The summed E-state index contributed by atoms with van der Waals surface area (Å²) < 4.78 is 1.85. The molecule has 0 aliphatic carbocycles. The minimum Gasteiger partial charge on any atom is -0.357 e. The molecule has 1 N–H and O–H groups in total. The molecule has 150 valence electrons. The van der Waals surface area contributed by atoms with Gasteiger partial charge in [0.15, 0.2) is 0 Å². The van der Waals surface area contributed by atoms with Gasteiger partial charge in [-0.3, -0.25) is 14.4 Å². The molecule has 1 amide bonds. The van der Waals surface area contributed by atoms with E-state index in [9.17, 15) is 4.79 Å². The molecule has 1 atom stereocenters. The third kappa shape index (κ3) is 4.90. The quantitative estimate of drug-likeness (QED) is 0.830. The number of aromatic nitrogens is 3. The standard InChI is InChI=1S/C21H30N6O/c1-25-14-18(12-23-25)11-17-7-10-26(15-17)16-21(28)24-19-5-6-20(22-13-19)27-8-3-2-4-9-27/h5-6,12-14,17H,2-4,7-11,15-16H2,1H3,(H,24,28). The summed E-state index contributed by atoms with van der Waals surface area (Å²) in [4.78, 5) is 21.5. The fourth-order valence-electron chi connectivity index (χ4n) is 4.31. The number of rotatable bonds is 6. The highest BCUT2D eigenvalue weighted by molar-refractivity contribution is 5.92. The zero-order chi connectivity index (χ0) is 19.3. The molecule has 2 aromatic rings. The Balaban J connectivity index is 1.23. The molecule has 1 unspecified atom stereocenters. The minimum atomic E-state index is 0.0366. The van der Waals surface area contributed by atoms with Crippen LogP contribution in [0.25, 0.3) is 0 Å². The summed E-state index contributed by atoms with van der Waals surface area (Å²) in [5.74, 6) is 1.65. The van der Waals surface area contributed by atoms with Crippen LogP contribution in [0.3, 0.4) is 0 Å². The molecule has 0 radical (unpaired) electrons. The number of nitrogens with zero attached hydrogens (tertiary/aromatic N) is 5. The van der Waals surface area contributed by atoms with Gasteiger partial charge in [-0.05, 0) is 62.3 Å². The summed E-state index contributed by atoms with van der Waals surface area (Å²) in [6, 6.07) is 3.98. The van der Waals surface area contributed by atoms with Gasteiger partial charge in [0, 0.05) is 32.9 Å². The number of aryl methyl sites for hydroxylation is 1. The number of carbonyl (C=O) groups excluding carboxylic acids is 1. The van der Waals surface area contributed by atoms with Crippen molar-refractivity contribution in [3.63, 3.8) is 0 Å². The number of anilines is 2. The third-order valence-corrected chi connectivity index (χ3v) is 5.73. The van der Waals surface area contributed by atoms with Crippen molar-refractivity contribution in [3.8, 4) is 0 Å². The molecule has 28 heavy (non-hydrogen) atoms. The van der Waals surface area contributed by atoms with Gasteiger partial charge in [-0.15, -0.1) is 0 Å². The number of likely N-dealkylation sites (tertiary alicyclic amines) is 1. The van der Waals surface area contributed by atoms with Crippen LogP contribution in [-0.4, -0.2) is 58.3 Å². The SMILES string of the molecule is Cn1cc(CC2CCN(CC(=O)Nc3ccc(N4CCCCC4)nc3)C2)cn1. The second kappa shape index (κ2) is 8.73. The molecule has 0 spiro atoms. The fourth-order valence-corrected chi connectivity index (χ4v) is 4.31. The predicted octanol–water partition coefficient (Wildman–Crippen LogP) is 2.31. The fraction of sp³-hybridized carbons (Fsp3) is 0.571. The van der Waals surface area contributed by atoms with Gasteiger partial charge in [0.2, 0.25) is 5.91 Å². The van der Waals surface area contributed by atoms with E-state index in [-0.39, 0.29) is 5.91 Å². The summed E-state index contributed by atoms with van der Waals surface area (Å²) >= 11 is 0. The number of hydrogen-bond acceptors (Lipinski definition) is 5. The molecule has 0 saturated carbocycles. The second-order valence-electron chi connectivity index (χ2n) is 8.12. The van der Waals surface area contributed by atoms with Crippen molar-refractivity contribution in [1.82, 2.24) is 19.7 Å². The van der Waals surface area contributed by atoms with E-state index < -0.39 is 0 Å². The van der Waals surface area contributed by atoms with Gasteiger partial charge >= 0.3 is 0 Å². The van der Waals surface area contributed by atoms with E-state index in [0.717, 1.165) is 50.5 Å². The van der Waals surface area contributed by atoms with Crippen molar-refractivity contribution in [2.75, 3.05) is 42.9 Å². The van der Waals surface area contributed by atoms with Crippen LogP contribution >= 0.6 is 0 Å². The molecular weight excluding hydrogens is 352 g/mol. The lowest BCUT2D eigenvalue weighted by Crippen LogP contribution is -2.32. The van der Waals surface area contributed by atoms with Crippen LogP contribution in [0.5, 0.6) is 0 Å². The van der Waals surface area contributed by atoms with Gasteiger partial charge in [0.25, 0.3) is 0 Å². The first-order valence-electron chi connectivity index (χ1n) is 10.4. The number of hydrogen-bond donors (Lipinski definition) is 1. The van der Waals surface area contributed by atoms with Crippen LogP contribution < -0.4 is 10.2 Å². The molecule has 4 heterocycles. The topological polar surface area (TPSA) is 66.3 Å². The summed E-state index contributed by atoms with van der Waals surface area (Å²) in [6.07, 6.45) is 11.7. The molecule has 0 aromatic carbocycles.